The smallest absolute Gasteiger partial charge is 0.261 e. The van der Waals surface area contributed by atoms with Crippen molar-refractivity contribution >= 4 is 27.7 Å². The molecule has 5 nitrogen and oxygen atoms in total. The Balaban J connectivity index is 1.92. The molecule has 1 atom stereocenters. The number of amides is 2. The number of rotatable bonds is 10. The van der Waals surface area contributed by atoms with Crippen LogP contribution in [0.3, 0.4) is 0 Å². The molecule has 0 aliphatic rings. The van der Waals surface area contributed by atoms with Crippen molar-refractivity contribution in [3.8, 4) is 5.75 Å². The summed E-state index contributed by atoms with van der Waals surface area (Å²) in [5.74, 6) is 0.272. The first kappa shape index (κ1) is 26.5. The Morgan fingerprint density at radius 3 is 2.37 bits per heavy atom. The predicted molar refractivity (Wildman–Crippen MR) is 143 cm³/mol. The topological polar surface area (TPSA) is 58.6 Å². The quantitative estimate of drug-likeness (QED) is 0.370. The lowest BCUT2D eigenvalue weighted by Gasteiger charge is -2.31. The Hall–Kier alpha value is -3.12. The maximum Gasteiger partial charge on any atom is 0.261 e. The standard InChI is InChI=1S/C29H33BrN2O3/c1-5-31-29(34)26(17-23-10-7-6-8-11-23)32(18-24-12-9-13-25(30)16-24)28(33)19-35-27-15-20(2)14-21(3)22(27)4/h6-16,26H,5,17-19H2,1-4H3,(H,31,34)/t26-/m1/s1. The molecule has 1 N–H and O–H groups in total. The average Bonchev–Trinajstić information content (AvgIpc) is 2.83. The third kappa shape index (κ3) is 7.43. The Morgan fingerprint density at radius 2 is 1.69 bits per heavy atom. The minimum atomic E-state index is -0.673. The van der Waals surface area contributed by atoms with Crippen molar-refractivity contribution in [2.24, 2.45) is 0 Å². The summed E-state index contributed by atoms with van der Waals surface area (Å²) in [7, 11) is 0. The second kappa shape index (κ2) is 12.5. The van der Waals surface area contributed by atoms with E-state index in [0.717, 1.165) is 32.3 Å². The van der Waals surface area contributed by atoms with E-state index in [-0.39, 0.29) is 18.4 Å². The molecule has 0 radical (unpaired) electrons. The van der Waals surface area contributed by atoms with E-state index in [2.05, 4.69) is 27.3 Å². The van der Waals surface area contributed by atoms with Crippen LogP contribution in [0.25, 0.3) is 0 Å². The van der Waals surface area contributed by atoms with Crippen molar-refractivity contribution in [1.82, 2.24) is 10.2 Å². The number of nitrogens with one attached hydrogen (secondary N) is 1. The normalized spacial score (nSPS) is 11.6. The van der Waals surface area contributed by atoms with Gasteiger partial charge in [-0.3, -0.25) is 9.59 Å². The largest absolute Gasteiger partial charge is 0.483 e. The number of hydrogen-bond acceptors (Lipinski definition) is 3. The van der Waals surface area contributed by atoms with Gasteiger partial charge in [0.25, 0.3) is 5.91 Å². The van der Waals surface area contributed by atoms with Gasteiger partial charge in [-0.25, -0.2) is 0 Å². The Labute approximate surface area is 216 Å². The zero-order valence-electron chi connectivity index (χ0n) is 20.8. The number of benzene rings is 3. The first-order valence-electron chi connectivity index (χ1n) is 11.8. The summed E-state index contributed by atoms with van der Waals surface area (Å²) in [6.45, 7) is 8.53. The van der Waals surface area contributed by atoms with E-state index < -0.39 is 6.04 Å². The van der Waals surface area contributed by atoms with Crippen molar-refractivity contribution < 1.29 is 14.3 Å². The molecule has 0 saturated heterocycles. The molecule has 0 spiro atoms. The molecule has 0 aromatic heterocycles. The van der Waals surface area contributed by atoms with Crippen LogP contribution in [0.2, 0.25) is 0 Å². The van der Waals surface area contributed by atoms with Gasteiger partial charge in [-0.05, 0) is 73.7 Å². The van der Waals surface area contributed by atoms with Gasteiger partial charge in [0.2, 0.25) is 5.91 Å². The molecular formula is C29H33BrN2O3. The van der Waals surface area contributed by atoms with Crippen LogP contribution in [-0.4, -0.2) is 35.9 Å². The monoisotopic (exact) mass is 536 g/mol. The summed E-state index contributed by atoms with van der Waals surface area (Å²) in [6.07, 6.45) is 0.412. The molecule has 3 rings (SSSR count). The number of hydrogen-bond donors (Lipinski definition) is 1. The number of aryl methyl sites for hydroxylation is 2. The highest BCUT2D eigenvalue weighted by Crippen LogP contribution is 2.24. The SMILES string of the molecule is CCNC(=O)[C@@H](Cc1ccccc1)N(Cc1cccc(Br)c1)C(=O)COc1cc(C)cc(C)c1C. The van der Waals surface area contributed by atoms with Gasteiger partial charge in [0.05, 0.1) is 0 Å². The lowest BCUT2D eigenvalue weighted by Crippen LogP contribution is -2.51. The van der Waals surface area contributed by atoms with Gasteiger partial charge in [-0.2, -0.15) is 0 Å². The van der Waals surface area contributed by atoms with E-state index >= 15 is 0 Å². The van der Waals surface area contributed by atoms with Crippen LogP contribution in [-0.2, 0) is 22.6 Å². The summed E-state index contributed by atoms with van der Waals surface area (Å²) in [4.78, 5) is 28.5. The van der Waals surface area contributed by atoms with Gasteiger partial charge in [0.1, 0.15) is 11.8 Å². The highest BCUT2D eigenvalue weighted by molar-refractivity contribution is 9.10. The molecule has 0 aliphatic carbocycles. The molecule has 3 aromatic rings. The predicted octanol–water partition coefficient (Wildman–Crippen LogP) is 5.53. The Morgan fingerprint density at radius 1 is 0.971 bits per heavy atom. The first-order valence-corrected chi connectivity index (χ1v) is 12.6. The van der Waals surface area contributed by atoms with E-state index in [1.807, 2.05) is 88.4 Å². The van der Waals surface area contributed by atoms with Crippen molar-refractivity contribution in [3.63, 3.8) is 0 Å². The molecular weight excluding hydrogens is 504 g/mol. The van der Waals surface area contributed by atoms with Crippen LogP contribution < -0.4 is 10.1 Å². The van der Waals surface area contributed by atoms with Crippen molar-refractivity contribution in [2.45, 2.75) is 46.7 Å². The third-order valence-corrected chi connectivity index (χ3v) is 6.47. The number of ether oxygens (including phenoxy) is 1. The fourth-order valence-corrected chi connectivity index (χ4v) is 4.50. The van der Waals surface area contributed by atoms with Crippen molar-refractivity contribution in [1.29, 1.82) is 0 Å². The highest BCUT2D eigenvalue weighted by atomic mass is 79.9. The molecule has 0 fully saturated rings. The zero-order chi connectivity index (χ0) is 25.4. The molecule has 0 aliphatic heterocycles. The number of nitrogens with zero attached hydrogens (tertiary/aromatic N) is 1. The van der Waals surface area contributed by atoms with Gasteiger partial charge in [-0.15, -0.1) is 0 Å². The van der Waals surface area contributed by atoms with Gasteiger partial charge in [0, 0.05) is 24.0 Å². The van der Waals surface area contributed by atoms with Crippen LogP contribution in [0.5, 0.6) is 5.75 Å². The summed E-state index contributed by atoms with van der Waals surface area (Å²) in [5.41, 5.74) is 5.11. The fraction of sp³-hybridized carbons (Fsp3) is 0.310. The highest BCUT2D eigenvalue weighted by Gasteiger charge is 2.30. The molecule has 0 bridgehead atoms. The van der Waals surface area contributed by atoms with Crippen LogP contribution in [0.4, 0.5) is 0 Å². The number of carbonyl (C=O) groups excluding carboxylic acids is 2. The zero-order valence-corrected chi connectivity index (χ0v) is 22.4. The van der Waals surface area contributed by atoms with Gasteiger partial charge >= 0.3 is 0 Å². The Bertz CT molecular complexity index is 1160. The molecule has 0 heterocycles. The molecule has 184 valence electrons. The summed E-state index contributed by atoms with van der Waals surface area (Å²) in [6, 6.07) is 20.9. The fourth-order valence-electron chi connectivity index (χ4n) is 4.05. The molecule has 2 amide bonds. The first-order chi connectivity index (χ1) is 16.8. The molecule has 6 heteroatoms. The maximum absolute atomic E-state index is 13.6. The minimum Gasteiger partial charge on any atom is -0.483 e. The van der Waals surface area contributed by atoms with Gasteiger partial charge in [0.15, 0.2) is 6.61 Å². The minimum absolute atomic E-state index is 0.150. The number of halogens is 1. The second-order valence-corrected chi connectivity index (χ2v) is 9.66. The summed E-state index contributed by atoms with van der Waals surface area (Å²) >= 11 is 3.51. The maximum atomic E-state index is 13.6. The Kier molecular flexibility index (Phi) is 9.49. The molecule has 35 heavy (non-hydrogen) atoms. The third-order valence-electron chi connectivity index (χ3n) is 5.98. The van der Waals surface area contributed by atoms with Crippen LogP contribution in [0.1, 0.15) is 34.7 Å². The molecule has 3 aromatic carbocycles. The van der Waals surface area contributed by atoms with Crippen LogP contribution in [0.15, 0.2) is 71.2 Å². The van der Waals surface area contributed by atoms with E-state index in [1.54, 1.807) is 4.90 Å². The second-order valence-electron chi connectivity index (χ2n) is 8.75. The summed E-state index contributed by atoms with van der Waals surface area (Å²) in [5, 5.41) is 2.91. The lowest BCUT2D eigenvalue weighted by molar-refractivity contribution is -0.142. The average molecular weight is 537 g/mol. The van der Waals surface area contributed by atoms with E-state index in [1.165, 1.54) is 0 Å². The van der Waals surface area contributed by atoms with Crippen molar-refractivity contribution in [3.05, 3.63) is 99.0 Å². The van der Waals surface area contributed by atoms with E-state index in [4.69, 9.17) is 4.74 Å². The van der Waals surface area contributed by atoms with Gasteiger partial charge < -0.3 is 15.0 Å². The lowest BCUT2D eigenvalue weighted by atomic mass is 10.0. The van der Waals surface area contributed by atoms with Crippen molar-refractivity contribution in [2.75, 3.05) is 13.2 Å². The molecule has 0 unspecified atom stereocenters. The van der Waals surface area contributed by atoms with E-state index in [0.29, 0.717) is 25.3 Å². The number of likely N-dealkylation sites (N-methyl/N-ethyl adjacent to an activating group) is 1. The van der Waals surface area contributed by atoms with Crippen LogP contribution >= 0.6 is 15.9 Å². The van der Waals surface area contributed by atoms with Gasteiger partial charge in [-0.1, -0.05) is 64.5 Å². The molecule has 0 saturated carbocycles. The number of carbonyl (C=O) groups is 2. The summed E-state index contributed by atoms with van der Waals surface area (Å²) < 4.78 is 6.93. The van der Waals surface area contributed by atoms with Crippen LogP contribution in [0, 0.1) is 20.8 Å². The van der Waals surface area contributed by atoms with E-state index in [9.17, 15) is 9.59 Å².